The fraction of sp³-hybridized carbons (Fsp3) is 0.545. The van der Waals surface area contributed by atoms with E-state index in [9.17, 15) is 14.7 Å². The van der Waals surface area contributed by atoms with Gasteiger partial charge in [0.2, 0.25) is 5.91 Å². The van der Waals surface area contributed by atoms with Crippen LogP contribution in [0.1, 0.15) is 25.3 Å². The molecule has 1 unspecified atom stereocenters. The van der Waals surface area contributed by atoms with Crippen LogP contribution < -0.4 is 4.90 Å². The summed E-state index contributed by atoms with van der Waals surface area (Å²) in [5.74, 6) is 0.418. The van der Waals surface area contributed by atoms with Crippen molar-refractivity contribution in [1.29, 1.82) is 0 Å². The molecule has 5 atom stereocenters. The molecule has 4 heterocycles. The molecule has 1 N–H and O–H groups in total. The lowest BCUT2D eigenvalue weighted by Crippen LogP contribution is -2.63. The molecule has 1 aromatic rings. The van der Waals surface area contributed by atoms with Gasteiger partial charge in [0.05, 0.1) is 23.9 Å². The highest BCUT2D eigenvalue weighted by atomic mass is 16.6. The van der Waals surface area contributed by atoms with E-state index >= 15 is 0 Å². The van der Waals surface area contributed by atoms with Crippen molar-refractivity contribution in [2.75, 3.05) is 31.7 Å². The standard InChI is InChI=1S/C22H24N2O5/c1-11(25)24-19-14(4-3-5-15(19)26)22-6-7-23(2)17(22)8-12-13(20(22)24)9-28-16-10-29-21(27)18(12)16/h3-5,12-13,17,20,26H,6-10H2,1-2H3/t12-,13?,17+,20+,22-/m1/s1. The van der Waals surface area contributed by atoms with Crippen LogP contribution in [0.5, 0.6) is 5.75 Å². The summed E-state index contributed by atoms with van der Waals surface area (Å²) < 4.78 is 11.3. The number of esters is 1. The Labute approximate surface area is 168 Å². The van der Waals surface area contributed by atoms with Gasteiger partial charge in [-0.05, 0) is 38.1 Å². The summed E-state index contributed by atoms with van der Waals surface area (Å²) in [6.07, 6.45) is 1.74. The minimum Gasteiger partial charge on any atom is -0.506 e. The molecule has 7 heteroatoms. The van der Waals surface area contributed by atoms with E-state index in [2.05, 4.69) is 18.0 Å². The van der Waals surface area contributed by atoms with E-state index in [1.165, 1.54) is 0 Å². The number of rotatable bonds is 0. The van der Waals surface area contributed by atoms with Crippen molar-refractivity contribution in [1.82, 2.24) is 4.90 Å². The number of likely N-dealkylation sites (tertiary alicyclic amines) is 1. The normalized spacial score (nSPS) is 37.3. The van der Waals surface area contributed by atoms with Crippen molar-refractivity contribution < 1.29 is 24.2 Å². The topological polar surface area (TPSA) is 79.3 Å². The highest BCUT2D eigenvalue weighted by molar-refractivity contribution is 5.98. The maximum Gasteiger partial charge on any atom is 0.338 e. The van der Waals surface area contributed by atoms with Crippen LogP contribution >= 0.6 is 0 Å². The third-order valence-electron chi connectivity index (χ3n) is 7.98. The molecule has 0 bridgehead atoms. The summed E-state index contributed by atoms with van der Waals surface area (Å²) >= 11 is 0. The smallest absolute Gasteiger partial charge is 0.338 e. The van der Waals surface area contributed by atoms with Gasteiger partial charge in [-0.25, -0.2) is 4.79 Å². The number of likely N-dealkylation sites (N-methyl/N-ethyl adjacent to an activating group) is 1. The van der Waals surface area contributed by atoms with Crippen molar-refractivity contribution in [3.05, 3.63) is 35.1 Å². The number of hydrogen-bond acceptors (Lipinski definition) is 6. The van der Waals surface area contributed by atoms with Crippen molar-refractivity contribution in [2.45, 2.75) is 37.3 Å². The van der Waals surface area contributed by atoms with E-state index in [4.69, 9.17) is 9.47 Å². The van der Waals surface area contributed by atoms with Gasteiger partial charge in [-0.1, -0.05) is 12.1 Å². The number of phenolic OH excluding ortho intramolecular Hbond substituents is 1. The van der Waals surface area contributed by atoms with E-state index in [-0.39, 0.29) is 53.6 Å². The SMILES string of the molecule is CC(=O)N1c2c(O)cccc2[C@]23CCN(C)[C@H]2C[C@H]2C4=C(COC4=O)OCC2[C@H]13. The van der Waals surface area contributed by atoms with Gasteiger partial charge in [0, 0.05) is 30.2 Å². The molecule has 4 aliphatic heterocycles. The molecule has 2 fully saturated rings. The maximum atomic E-state index is 12.9. The number of hydrogen-bond donors (Lipinski definition) is 1. The van der Waals surface area contributed by atoms with Crippen LogP contribution in [0.4, 0.5) is 5.69 Å². The third kappa shape index (κ3) is 1.92. The average Bonchev–Trinajstić information content (AvgIpc) is 3.33. The maximum absolute atomic E-state index is 12.9. The van der Waals surface area contributed by atoms with Crippen LogP contribution in [-0.2, 0) is 24.5 Å². The first-order valence-corrected chi connectivity index (χ1v) is 10.3. The largest absolute Gasteiger partial charge is 0.506 e. The summed E-state index contributed by atoms with van der Waals surface area (Å²) in [6.45, 7) is 3.15. The zero-order chi connectivity index (χ0) is 20.1. The van der Waals surface area contributed by atoms with Gasteiger partial charge < -0.3 is 24.4 Å². The fourth-order valence-corrected chi connectivity index (χ4v) is 6.99. The minimum absolute atomic E-state index is 0.00395. The van der Waals surface area contributed by atoms with Crippen LogP contribution in [0.2, 0.25) is 0 Å². The Kier molecular flexibility index (Phi) is 3.31. The van der Waals surface area contributed by atoms with Crippen molar-refractivity contribution in [3.63, 3.8) is 0 Å². The average molecular weight is 396 g/mol. The Morgan fingerprint density at radius 2 is 2.14 bits per heavy atom. The molecule has 7 nitrogen and oxygen atoms in total. The molecular formula is C22H24N2O5. The molecule has 1 spiro atoms. The Bertz CT molecular complexity index is 987. The van der Waals surface area contributed by atoms with E-state index in [0.29, 0.717) is 23.6 Å². The van der Waals surface area contributed by atoms with Gasteiger partial charge in [0.25, 0.3) is 0 Å². The van der Waals surface area contributed by atoms with Crippen LogP contribution in [0.3, 0.4) is 0 Å². The lowest BCUT2D eigenvalue weighted by molar-refractivity contribution is -0.136. The zero-order valence-electron chi connectivity index (χ0n) is 16.6. The second-order valence-electron chi connectivity index (χ2n) is 9.02. The van der Waals surface area contributed by atoms with Gasteiger partial charge in [0.15, 0.2) is 0 Å². The monoisotopic (exact) mass is 396 g/mol. The van der Waals surface area contributed by atoms with E-state index in [0.717, 1.165) is 24.9 Å². The first kappa shape index (κ1) is 17.3. The van der Waals surface area contributed by atoms with Gasteiger partial charge in [0.1, 0.15) is 18.1 Å². The first-order valence-electron chi connectivity index (χ1n) is 10.3. The van der Waals surface area contributed by atoms with Crippen LogP contribution in [0.25, 0.3) is 0 Å². The second kappa shape index (κ2) is 5.53. The number of anilines is 1. The highest BCUT2D eigenvalue weighted by Crippen LogP contribution is 2.63. The van der Waals surface area contributed by atoms with Crippen LogP contribution in [0, 0.1) is 11.8 Å². The lowest BCUT2D eigenvalue weighted by atomic mass is 9.56. The molecule has 6 rings (SSSR count). The predicted octanol–water partition coefficient (Wildman–Crippen LogP) is 1.55. The minimum atomic E-state index is -0.282. The molecular weight excluding hydrogens is 372 g/mol. The third-order valence-corrected chi connectivity index (χ3v) is 7.98. The Morgan fingerprint density at radius 1 is 1.31 bits per heavy atom. The van der Waals surface area contributed by atoms with E-state index < -0.39 is 0 Å². The number of cyclic esters (lactones) is 1. The summed E-state index contributed by atoms with van der Waals surface area (Å²) in [7, 11) is 2.12. The summed E-state index contributed by atoms with van der Waals surface area (Å²) in [5.41, 5.74) is 2.09. The number of fused-ring (bicyclic) bond motifs is 4. The van der Waals surface area contributed by atoms with Crippen LogP contribution in [0.15, 0.2) is 29.5 Å². The number of benzene rings is 1. The lowest BCUT2D eigenvalue weighted by Gasteiger charge is -2.53. The fourth-order valence-electron chi connectivity index (χ4n) is 6.99. The van der Waals surface area contributed by atoms with Crippen molar-refractivity contribution >= 4 is 17.6 Å². The van der Waals surface area contributed by atoms with Crippen molar-refractivity contribution in [3.8, 4) is 5.75 Å². The number of carbonyl (C=O) groups excluding carboxylic acids is 2. The number of nitrogens with zero attached hydrogens (tertiary/aromatic N) is 2. The molecule has 1 saturated heterocycles. The first-order chi connectivity index (χ1) is 13.9. The molecule has 29 heavy (non-hydrogen) atoms. The van der Waals surface area contributed by atoms with Gasteiger partial charge >= 0.3 is 5.97 Å². The van der Waals surface area contributed by atoms with Gasteiger partial charge in [-0.15, -0.1) is 0 Å². The van der Waals surface area contributed by atoms with Crippen LogP contribution in [-0.4, -0.2) is 60.8 Å². The molecule has 1 aliphatic carbocycles. The summed E-state index contributed by atoms with van der Waals surface area (Å²) in [6, 6.07) is 5.62. The number of ether oxygens (including phenoxy) is 2. The molecule has 0 radical (unpaired) electrons. The van der Waals surface area contributed by atoms with Gasteiger partial charge in [-0.2, -0.15) is 0 Å². The molecule has 1 aromatic carbocycles. The van der Waals surface area contributed by atoms with E-state index in [1.54, 1.807) is 17.9 Å². The Balaban J connectivity index is 1.59. The Hall–Kier alpha value is -2.54. The number of phenols is 1. The molecule has 5 aliphatic rings. The van der Waals surface area contributed by atoms with Crippen molar-refractivity contribution in [2.24, 2.45) is 11.8 Å². The summed E-state index contributed by atoms with van der Waals surface area (Å²) in [5, 5.41) is 10.7. The molecule has 152 valence electrons. The van der Waals surface area contributed by atoms with E-state index in [1.807, 2.05) is 6.07 Å². The Morgan fingerprint density at radius 3 is 2.93 bits per heavy atom. The number of amides is 1. The summed E-state index contributed by atoms with van der Waals surface area (Å²) in [4.78, 5) is 29.6. The number of para-hydroxylation sites is 1. The molecule has 0 aromatic heterocycles. The second-order valence-corrected chi connectivity index (χ2v) is 9.02. The molecule has 1 saturated carbocycles. The number of carbonyl (C=O) groups is 2. The quantitative estimate of drug-likeness (QED) is 0.671. The van der Waals surface area contributed by atoms with Gasteiger partial charge in [-0.3, -0.25) is 4.79 Å². The number of aromatic hydroxyl groups is 1. The molecule has 1 amide bonds. The predicted molar refractivity (Wildman–Crippen MR) is 103 cm³/mol. The highest BCUT2D eigenvalue weighted by Gasteiger charge is 2.68. The zero-order valence-corrected chi connectivity index (χ0v) is 16.6.